The van der Waals surface area contributed by atoms with Crippen molar-refractivity contribution in [2.45, 2.75) is 25.7 Å². The first-order valence-corrected chi connectivity index (χ1v) is 11.6. The van der Waals surface area contributed by atoms with E-state index < -0.39 is 16.1 Å². The van der Waals surface area contributed by atoms with Gasteiger partial charge in [0.25, 0.3) is 16.8 Å². The number of halogens is 1. The van der Waals surface area contributed by atoms with Gasteiger partial charge in [-0.05, 0) is 48.9 Å². The molecule has 0 bridgehead atoms. The van der Waals surface area contributed by atoms with Gasteiger partial charge in [0.1, 0.15) is 23.1 Å². The number of nitrogens with zero attached hydrogens (tertiary/aromatic N) is 3. The molecule has 2 aliphatic heterocycles. The van der Waals surface area contributed by atoms with Gasteiger partial charge in [-0.25, -0.2) is 0 Å². The predicted octanol–water partition coefficient (Wildman–Crippen LogP) is 4.95. The molecule has 0 radical (unpaired) electrons. The molecule has 0 aliphatic carbocycles. The molecule has 1 aromatic heterocycles. The average molecular weight is 490 g/mol. The van der Waals surface area contributed by atoms with Gasteiger partial charge in [-0.15, -0.1) is 0 Å². The highest BCUT2D eigenvalue weighted by Crippen LogP contribution is 2.35. The van der Waals surface area contributed by atoms with Gasteiger partial charge in [-0.1, -0.05) is 24.4 Å². The van der Waals surface area contributed by atoms with Gasteiger partial charge < -0.3 is 9.32 Å². The number of likely N-dealkylation sites (tertiary alicyclic amines) is 1. The Kier molecular flexibility index (Phi) is 6.85. The average Bonchev–Trinajstić information content (AvgIpc) is 3.21. The van der Waals surface area contributed by atoms with E-state index in [2.05, 4.69) is 0 Å². The lowest BCUT2D eigenvalue weighted by molar-refractivity contribution is -0.384. The van der Waals surface area contributed by atoms with Crippen LogP contribution < -0.4 is 0 Å². The fourth-order valence-electron chi connectivity index (χ4n) is 3.71. The van der Waals surface area contributed by atoms with E-state index in [-0.39, 0.29) is 28.1 Å². The van der Waals surface area contributed by atoms with Crippen molar-refractivity contribution in [1.29, 1.82) is 0 Å². The summed E-state index contributed by atoms with van der Waals surface area (Å²) in [4.78, 5) is 51.1. The molecule has 3 amide bonds. The summed E-state index contributed by atoms with van der Waals surface area (Å²) in [6, 6.07) is 7.48. The molecule has 2 aliphatic rings. The zero-order valence-corrected chi connectivity index (χ0v) is 19.1. The molecule has 11 heteroatoms. The van der Waals surface area contributed by atoms with Crippen LogP contribution in [0.5, 0.6) is 0 Å². The maximum atomic E-state index is 12.8. The zero-order valence-electron chi connectivity index (χ0n) is 17.5. The molecular formula is C22H20ClN3O6S. The molecule has 1 aromatic carbocycles. The summed E-state index contributed by atoms with van der Waals surface area (Å²) in [5, 5.41) is 10.6. The van der Waals surface area contributed by atoms with Crippen LogP contribution in [0.4, 0.5) is 10.5 Å². The zero-order chi connectivity index (χ0) is 23.5. The molecule has 0 spiro atoms. The monoisotopic (exact) mass is 489 g/mol. The normalized spacial score (nSPS) is 18.2. The number of nitro groups is 1. The van der Waals surface area contributed by atoms with Crippen LogP contribution in [0, 0.1) is 10.1 Å². The Bertz CT molecular complexity index is 1150. The van der Waals surface area contributed by atoms with Gasteiger partial charge in [0.2, 0.25) is 5.91 Å². The highest BCUT2D eigenvalue weighted by Gasteiger charge is 2.37. The molecule has 172 valence electrons. The van der Waals surface area contributed by atoms with Gasteiger partial charge in [-0.2, -0.15) is 0 Å². The minimum absolute atomic E-state index is 0.0129. The number of amides is 3. The van der Waals surface area contributed by atoms with Crippen LogP contribution in [0.25, 0.3) is 17.4 Å². The Labute approximate surface area is 198 Å². The van der Waals surface area contributed by atoms with Gasteiger partial charge in [0.15, 0.2) is 0 Å². The predicted molar refractivity (Wildman–Crippen MR) is 124 cm³/mol. The molecule has 9 nitrogen and oxygen atoms in total. The van der Waals surface area contributed by atoms with Crippen LogP contribution in [0.1, 0.15) is 31.4 Å². The summed E-state index contributed by atoms with van der Waals surface area (Å²) < 4.78 is 5.70. The van der Waals surface area contributed by atoms with E-state index in [0.717, 1.165) is 42.3 Å². The maximum Gasteiger partial charge on any atom is 0.294 e. The number of nitro benzene ring substituents is 1. The number of imide groups is 1. The van der Waals surface area contributed by atoms with Gasteiger partial charge in [0, 0.05) is 30.8 Å². The molecular weight excluding hydrogens is 470 g/mol. The van der Waals surface area contributed by atoms with Crippen molar-refractivity contribution < 1.29 is 23.7 Å². The third kappa shape index (κ3) is 5.12. The second kappa shape index (κ2) is 9.80. The SMILES string of the molecule is O=C(CN1C(=O)SC(=Cc2ccc(-c3ccc(Cl)c([N+](=O)[O-])c3)o2)C1=O)N1CCCCCC1. The third-order valence-electron chi connectivity index (χ3n) is 5.45. The van der Waals surface area contributed by atoms with Crippen molar-refractivity contribution in [2.24, 2.45) is 0 Å². The van der Waals surface area contributed by atoms with Crippen LogP contribution >= 0.6 is 23.4 Å². The van der Waals surface area contributed by atoms with Crippen LogP contribution in [-0.2, 0) is 9.59 Å². The smallest absolute Gasteiger partial charge is 0.294 e. The minimum Gasteiger partial charge on any atom is -0.457 e. The molecule has 4 rings (SSSR count). The van der Waals surface area contributed by atoms with Gasteiger partial charge in [-0.3, -0.25) is 29.4 Å². The summed E-state index contributed by atoms with van der Waals surface area (Å²) in [6.45, 7) is 1.01. The first-order chi connectivity index (χ1) is 15.8. The first-order valence-electron chi connectivity index (χ1n) is 10.4. The lowest BCUT2D eigenvalue weighted by Crippen LogP contribution is -2.42. The fraction of sp³-hybridized carbons (Fsp3) is 0.318. The number of hydrogen-bond donors (Lipinski definition) is 0. The molecule has 3 heterocycles. The number of thioether (sulfide) groups is 1. The molecule has 0 saturated carbocycles. The molecule has 0 N–H and O–H groups in total. The topological polar surface area (TPSA) is 114 Å². The van der Waals surface area contributed by atoms with Crippen LogP contribution in [0.2, 0.25) is 5.02 Å². The first kappa shape index (κ1) is 23.1. The molecule has 2 saturated heterocycles. The van der Waals surface area contributed by atoms with E-state index in [1.807, 2.05) is 0 Å². The largest absolute Gasteiger partial charge is 0.457 e. The van der Waals surface area contributed by atoms with E-state index in [0.29, 0.717) is 30.2 Å². The quantitative estimate of drug-likeness (QED) is 0.331. The lowest BCUT2D eigenvalue weighted by atomic mass is 10.1. The highest BCUT2D eigenvalue weighted by molar-refractivity contribution is 8.18. The summed E-state index contributed by atoms with van der Waals surface area (Å²) >= 11 is 6.59. The van der Waals surface area contributed by atoms with E-state index >= 15 is 0 Å². The Morgan fingerprint density at radius 2 is 1.88 bits per heavy atom. The van der Waals surface area contributed by atoms with E-state index in [9.17, 15) is 24.5 Å². The summed E-state index contributed by atoms with van der Waals surface area (Å²) in [5.74, 6) is -0.137. The molecule has 0 unspecified atom stereocenters. The molecule has 33 heavy (non-hydrogen) atoms. The number of furan rings is 1. The Morgan fingerprint density at radius 1 is 1.15 bits per heavy atom. The number of rotatable bonds is 5. The van der Waals surface area contributed by atoms with Crippen molar-refractivity contribution in [1.82, 2.24) is 9.80 Å². The Hall–Kier alpha value is -3.11. The van der Waals surface area contributed by atoms with E-state index in [1.165, 1.54) is 18.2 Å². The number of carbonyl (C=O) groups is 3. The van der Waals surface area contributed by atoms with E-state index in [1.54, 1.807) is 23.1 Å². The van der Waals surface area contributed by atoms with E-state index in [4.69, 9.17) is 16.0 Å². The second-order valence-electron chi connectivity index (χ2n) is 7.69. The fourth-order valence-corrected chi connectivity index (χ4v) is 4.72. The minimum atomic E-state index is -0.585. The second-order valence-corrected chi connectivity index (χ2v) is 9.09. The maximum absolute atomic E-state index is 12.8. The van der Waals surface area contributed by atoms with Crippen molar-refractivity contribution in [3.8, 4) is 11.3 Å². The number of carbonyl (C=O) groups excluding carboxylic acids is 3. The van der Waals surface area contributed by atoms with Gasteiger partial charge in [0.05, 0.1) is 9.83 Å². The summed E-state index contributed by atoms with van der Waals surface area (Å²) in [7, 11) is 0. The summed E-state index contributed by atoms with van der Waals surface area (Å²) in [5.41, 5.74) is 0.198. The third-order valence-corrected chi connectivity index (χ3v) is 6.68. The van der Waals surface area contributed by atoms with Crippen LogP contribution in [0.15, 0.2) is 39.7 Å². The molecule has 2 fully saturated rings. The van der Waals surface area contributed by atoms with Gasteiger partial charge >= 0.3 is 0 Å². The van der Waals surface area contributed by atoms with Crippen LogP contribution in [0.3, 0.4) is 0 Å². The number of benzene rings is 1. The number of hydrogen-bond acceptors (Lipinski definition) is 7. The van der Waals surface area contributed by atoms with Crippen LogP contribution in [-0.4, -0.2) is 51.4 Å². The van der Waals surface area contributed by atoms with Crippen molar-refractivity contribution in [3.05, 3.63) is 56.1 Å². The molecule has 2 aromatic rings. The van der Waals surface area contributed by atoms with Crippen molar-refractivity contribution in [3.63, 3.8) is 0 Å². The molecule has 0 atom stereocenters. The standard InChI is InChI=1S/C22H20ClN3O6S/c23-16-7-5-14(11-17(16)26(30)31)18-8-6-15(32-18)12-19-21(28)25(22(29)33-19)13-20(27)24-9-3-1-2-4-10-24/h5-8,11-12H,1-4,9-10,13H2. The summed E-state index contributed by atoms with van der Waals surface area (Å²) in [6.07, 6.45) is 5.41. The van der Waals surface area contributed by atoms with Crippen molar-refractivity contribution >= 4 is 52.2 Å². The highest BCUT2D eigenvalue weighted by atomic mass is 35.5. The van der Waals surface area contributed by atoms with Crippen molar-refractivity contribution in [2.75, 3.05) is 19.6 Å². The Balaban J connectivity index is 1.48. The lowest BCUT2D eigenvalue weighted by Gasteiger charge is -2.22. The Morgan fingerprint density at radius 3 is 2.58 bits per heavy atom.